The highest BCUT2D eigenvalue weighted by Gasteiger charge is 2.18. The van der Waals surface area contributed by atoms with E-state index in [-0.39, 0.29) is 5.97 Å². The van der Waals surface area contributed by atoms with Gasteiger partial charge in [-0.3, -0.25) is 9.98 Å². The first-order valence-corrected chi connectivity index (χ1v) is 4.37. The van der Waals surface area contributed by atoms with Crippen LogP contribution in [-0.2, 0) is 9.53 Å². The van der Waals surface area contributed by atoms with Crippen molar-refractivity contribution < 1.29 is 9.53 Å². The maximum Gasteiger partial charge on any atom is 0.334 e. The number of ether oxygens (including phenoxy) is 1. The molecule has 0 amide bonds. The van der Waals surface area contributed by atoms with Crippen LogP contribution < -0.4 is 10.7 Å². The van der Waals surface area contributed by atoms with Gasteiger partial charge in [0.25, 0.3) is 0 Å². The third kappa shape index (κ3) is 1.48. The fourth-order valence-electron chi connectivity index (χ4n) is 1.25. The van der Waals surface area contributed by atoms with Gasteiger partial charge in [0.2, 0.25) is 0 Å². The molecule has 1 aliphatic rings. The van der Waals surface area contributed by atoms with E-state index in [4.69, 9.17) is 11.6 Å². The van der Waals surface area contributed by atoms with Crippen molar-refractivity contribution in [3.05, 3.63) is 28.0 Å². The minimum Gasteiger partial charge on any atom is -0.467 e. The fraction of sp³-hybridized carbons (Fsp3) is 0.222. The van der Waals surface area contributed by atoms with Crippen LogP contribution >= 0.6 is 11.6 Å². The molecular formula is C9H7ClN2O2. The first-order chi connectivity index (χ1) is 6.70. The highest BCUT2D eigenvalue weighted by atomic mass is 35.5. The number of hydrogen-bond donors (Lipinski definition) is 0. The zero-order chi connectivity index (χ0) is 10.1. The molecule has 0 aliphatic carbocycles. The number of esters is 1. The Morgan fingerprint density at radius 2 is 2.43 bits per heavy atom. The van der Waals surface area contributed by atoms with Gasteiger partial charge in [0.1, 0.15) is 0 Å². The highest BCUT2D eigenvalue weighted by Crippen LogP contribution is 2.02. The molecule has 0 saturated heterocycles. The van der Waals surface area contributed by atoms with E-state index in [0.717, 1.165) is 0 Å². The SMILES string of the molecule is COC(=O)[C@H]1C=c2ncc(Cl)cc2=N1. The van der Waals surface area contributed by atoms with Crippen LogP contribution in [0.25, 0.3) is 6.08 Å². The second-order valence-electron chi connectivity index (χ2n) is 2.82. The lowest BCUT2D eigenvalue weighted by Crippen LogP contribution is -2.24. The maximum atomic E-state index is 11.2. The largest absolute Gasteiger partial charge is 0.467 e. The van der Waals surface area contributed by atoms with Crippen molar-refractivity contribution in [1.82, 2.24) is 4.98 Å². The van der Waals surface area contributed by atoms with E-state index >= 15 is 0 Å². The molecule has 1 aromatic rings. The molecule has 1 aromatic heterocycles. The van der Waals surface area contributed by atoms with E-state index in [0.29, 0.717) is 15.7 Å². The number of fused-ring (bicyclic) bond motifs is 1. The van der Waals surface area contributed by atoms with Crippen LogP contribution in [0.2, 0.25) is 5.02 Å². The number of carbonyl (C=O) groups is 1. The van der Waals surface area contributed by atoms with Gasteiger partial charge in [0.15, 0.2) is 6.04 Å². The Morgan fingerprint density at radius 1 is 1.64 bits per heavy atom. The Kier molecular flexibility index (Phi) is 2.21. The molecule has 5 heteroatoms. The number of methoxy groups -OCH3 is 1. The summed E-state index contributed by atoms with van der Waals surface area (Å²) in [4.78, 5) is 19.3. The summed E-state index contributed by atoms with van der Waals surface area (Å²) < 4.78 is 4.57. The summed E-state index contributed by atoms with van der Waals surface area (Å²) in [6.07, 6.45) is 3.17. The second kappa shape index (κ2) is 3.38. The van der Waals surface area contributed by atoms with E-state index in [2.05, 4.69) is 14.7 Å². The summed E-state index contributed by atoms with van der Waals surface area (Å²) in [7, 11) is 1.33. The number of hydrogen-bond acceptors (Lipinski definition) is 4. The molecule has 0 fully saturated rings. The summed E-state index contributed by atoms with van der Waals surface area (Å²) in [5.41, 5.74) is 0. The lowest BCUT2D eigenvalue weighted by atomic mass is 10.3. The molecule has 0 N–H and O–H groups in total. The van der Waals surface area contributed by atoms with E-state index in [1.807, 2.05) is 0 Å². The van der Waals surface area contributed by atoms with E-state index in [9.17, 15) is 4.79 Å². The number of aromatic nitrogens is 1. The molecule has 1 atom stereocenters. The molecule has 0 spiro atoms. The van der Waals surface area contributed by atoms with E-state index in [1.165, 1.54) is 13.3 Å². The predicted molar refractivity (Wildman–Crippen MR) is 50.3 cm³/mol. The average Bonchev–Trinajstić information content (AvgIpc) is 2.59. The summed E-state index contributed by atoms with van der Waals surface area (Å²) in [6, 6.07) is 1.09. The van der Waals surface area contributed by atoms with Gasteiger partial charge in [0, 0.05) is 6.20 Å². The lowest BCUT2D eigenvalue weighted by Gasteiger charge is -1.99. The van der Waals surface area contributed by atoms with Crippen LogP contribution in [0.1, 0.15) is 0 Å². The van der Waals surface area contributed by atoms with Crippen molar-refractivity contribution in [3.8, 4) is 0 Å². The van der Waals surface area contributed by atoms with Crippen molar-refractivity contribution in [1.29, 1.82) is 0 Å². The fourth-order valence-corrected chi connectivity index (χ4v) is 1.40. The van der Waals surface area contributed by atoms with Crippen molar-refractivity contribution >= 4 is 23.6 Å². The van der Waals surface area contributed by atoms with Crippen molar-refractivity contribution in [2.24, 2.45) is 4.99 Å². The normalized spacial score (nSPS) is 18.0. The van der Waals surface area contributed by atoms with Gasteiger partial charge < -0.3 is 4.74 Å². The number of rotatable bonds is 1. The zero-order valence-corrected chi connectivity index (χ0v) is 8.15. The van der Waals surface area contributed by atoms with Crippen LogP contribution in [0.4, 0.5) is 0 Å². The average molecular weight is 211 g/mol. The van der Waals surface area contributed by atoms with Gasteiger partial charge in [-0.1, -0.05) is 11.6 Å². The Morgan fingerprint density at radius 3 is 3.14 bits per heavy atom. The van der Waals surface area contributed by atoms with Crippen LogP contribution in [0, 0.1) is 0 Å². The molecule has 2 heterocycles. The maximum absolute atomic E-state index is 11.2. The second-order valence-corrected chi connectivity index (χ2v) is 3.26. The molecule has 72 valence electrons. The monoisotopic (exact) mass is 210 g/mol. The Bertz CT molecular complexity index is 498. The lowest BCUT2D eigenvalue weighted by molar-refractivity contribution is -0.140. The first kappa shape index (κ1) is 9.15. The van der Waals surface area contributed by atoms with Gasteiger partial charge in [-0.2, -0.15) is 0 Å². The molecule has 0 radical (unpaired) electrons. The highest BCUT2D eigenvalue weighted by molar-refractivity contribution is 6.30. The number of carbonyl (C=O) groups excluding carboxylic acids is 1. The standard InChI is InChI=1S/C9H7ClN2O2/c1-14-9(13)8-3-6-7(12-8)2-5(10)4-11-6/h2-4,8H,1H3/t8-/m1/s1. The predicted octanol–water partition coefficient (Wildman–Crippen LogP) is -0.310. The van der Waals surface area contributed by atoms with Crippen LogP contribution in [-0.4, -0.2) is 24.1 Å². The summed E-state index contributed by atoms with van der Waals surface area (Å²) in [5, 5.41) is 1.81. The summed E-state index contributed by atoms with van der Waals surface area (Å²) in [6.45, 7) is 0. The van der Waals surface area contributed by atoms with Crippen LogP contribution in [0.5, 0.6) is 0 Å². The smallest absolute Gasteiger partial charge is 0.334 e. The quantitative estimate of drug-likeness (QED) is 0.598. The molecule has 0 saturated carbocycles. The minimum absolute atomic E-state index is 0.390. The summed E-state index contributed by atoms with van der Waals surface area (Å²) in [5.74, 6) is -0.390. The van der Waals surface area contributed by atoms with Gasteiger partial charge in [-0.15, -0.1) is 0 Å². The van der Waals surface area contributed by atoms with Crippen LogP contribution in [0.15, 0.2) is 17.3 Å². The molecule has 0 aromatic carbocycles. The number of pyridine rings is 1. The van der Waals surface area contributed by atoms with Crippen molar-refractivity contribution in [2.45, 2.75) is 6.04 Å². The molecular weight excluding hydrogens is 204 g/mol. The molecule has 0 bridgehead atoms. The Balaban J connectivity index is 2.48. The Labute approximate surface area is 84.9 Å². The van der Waals surface area contributed by atoms with E-state index < -0.39 is 6.04 Å². The zero-order valence-electron chi connectivity index (χ0n) is 7.40. The van der Waals surface area contributed by atoms with Gasteiger partial charge in [0.05, 0.1) is 22.8 Å². The van der Waals surface area contributed by atoms with Crippen molar-refractivity contribution in [3.63, 3.8) is 0 Å². The van der Waals surface area contributed by atoms with Crippen LogP contribution in [0.3, 0.4) is 0 Å². The molecule has 1 aliphatic heterocycles. The number of halogens is 1. The molecule has 0 unspecified atom stereocenters. The van der Waals surface area contributed by atoms with Gasteiger partial charge in [-0.05, 0) is 12.1 Å². The Hall–Kier alpha value is -1.42. The minimum atomic E-state index is -0.582. The summed E-state index contributed by atoms with van der Waals surface area (Å²) >= 11 is 5.73. The van der Waals surface area contributed by atoms with Gasteiger partial charge in [-0.25, -0.2) is 4.79 Å². The number of nitrogens with zero attached hydrogens (tertiary/aromatic N) is 2. The third-order valence-electron chi connectivity index (χ3n) is 1.90. The molecule has 14 heavy (non-hydrogen) atoms. The molecule has 4 nitrogen and oxygen atoms in total. The molecule has 2 rings (SSSR count). The first-order valence-electron chi connectivity index (χ1n) is 4.00. The van der Waals surface area contributed by atoms with Gasteiger partial charge >= 0.3 is 5.97 Å². The topological polar surface area (TPSA) is 51.5 Å². The third-order valence-corrected chi connectivity index (χ3v) is 2.11. The van der Waals surface area contributed by atoms with E-state index in [1.54, 1.807) is 12.1 Å². The van der Waals surface area contributed by atoms with Crippen molar-refractivity contribution in [2.75, 3.05) is 7.11 Å².